The number of hydrogen-bond donors (Lipinski definition) is 2. The Labute approximate surface area is 203 Å². The fourth-order valence-electron chi connectivity index (χ4n) is 3.34. The maximum Gasteiger partial charge on any atom is 0.191 e. The van der Waals surface area contributed by atoms with Crippen LogP contribution in [0.5, 0.6) is 5.75 Å². The van der Waals surface area contributed by atoms with Gasteiger partial charge >= 0.3 is 0 Å². The maximum atomic E-state index is 5.79. The Morgan fingerprint density at radius 3 is 2.55 bits per heavy atom. The molecular formula is C23H35IN6O. The molecule has 7 nitrogen and oxygen atoms in total. The van der Waals surface area contributed by atoms with E-state index in [0.717, 1.165) is 55.8 Å². The fraction of sp³-hybridized carbons (Fsp3) is 0.478. The average Bonchev–Trinajstić information content (AvgIpc) is 2.77. The lowest BCUT2D eigenvalue weighted by atomic mass is 10.2. The van der Waals surface area contributed by atoms with Crippen molar-refractivity contribution in [2.24, 2.45) is 4.99 Å². The number of ether oxygens (including phenoxy) is 1. The van der Waals surface area contributed by atoms with E-state index in [-0.39, 0.29) is 24.0 Å². The number of nitrogens with zero attached hydrogens (tertiary/aromatic N) is 4. The number of anilines is 1. The fourth-order valence-corrected chi connectivity index (χ4v) is 3.34. The summed E-state index contributed by atoms with van der Waals surface area (Å²) in [5.74, 6) is 2.72. The molecule has 2 N–H and O–H groups in total. The third-order valence-corrected chi connectivity index (χ3v) is 5.11. The molecule has 1 fully saturated rings. The number of rotatable bonds is 8. The molecule has 1 aromatic carbocycles. The van der Waals surface area contributed by atoms with Gasteiger partial charge in [0.15, 0.2) is 5.96 Å². The molecule has 1 aromatic heterocycles. The zero-order valence-corrected chi connectivity index (χ0v) is 21.1. The van der Waals surface area contributed by atoms with E-state index in [2.05, 4.69) is 64.5 Å². The van der Waals surface area contributed by atoms with Gasteiger partial charge in [-0.3, -0.25) is 0 Å². The summed E-state index contributed by atoms with van der Waals surface area (Å²) in [6.45, 7) is 10.9. The molecule has 2 aromatic rings. The number of nitrogens with one attached hydrogen (secondary N) is 2. The SMILES string of the molecule is CCNC(=NCc1cccnc1N1CCN(C)CC1)NCCOc1ccc(C)cc1.I. The smallest absolute Gasteiger partial charge is 0.191 e. The van der Waals surface area contributed by atoms with Gasteiger partial charge in [-0.05, 0) is 39.1 Å². The first kappa shape index (κ1) is 25.2. The highest BCUT2D eigenvalue weighted by Gasteiger charge is 2.17. The lowest BCUT2D eigenvalue weighted by Gasteiger charge is -2.34. The van der Waals surface area contributed by atoms with Gasteiger partial charge in [0, 0.05) is 44.5 Å². The van der Waals surface area contributed by atoms with Crippen molar-refractivity contribution in [2.45, 2.75) is 20.4 Å². The third kappa shape index (κ3) is 8.17. The lowest BCUT2D eigenvalue weighted by Crippen LogP contribution is -2.45. The topological polar surface area (TPSA) is 65.0 Å². The van der Waals surface area contributed by atoms with Gasteiger partial charge < -0.3 is 25.2 Å². The first-order valence-corrected chi connectivity index (χ1v) is 10.7. The summed E-state index contributed by atoms with van der Waals surface area (Å²) in [4.78, 5) is 14.1. The van der Waals surface area contributed by atoms with E-state index in [1.54, 1.807) is 0 Å². The van der Waals surface area contributed by atoms with Gasteiger partial charge in [0.1, 0.15) is 18.2 Å². The second-order valence-electron chi connectivity index (χ2n) is 7.56. The normalized spacial score (nSPS) is 14.7. The van der Waals surface area contributed by atoms with Gasteiger partial charge in [-0.2, -0.15) is 0 Å². The standard InChI is InChI=1S/C23H34N6O.HI/c1-4-24-23(26-12-17-30-21-9-7-19(2)8-10-21)27-18-20-6-5-11-25-22(20)29-15-13-28(3)14-16-29;/h5-11H,4,12-18H2,1-3H3,(H2,24,26,27);1H. The monoisotopic (exact) mass is 538 g/mol. The van der Waals surface area contributed by atoms with Crippen molar-refractivity contribution in [3.05, 3.63) is 53.7 Å². The van der Waals surface area contributed by atoms with Crippen molar-refractivity contribution < 1.29 is 4.74 Å². The van der Waals surface area contributed by atoms with Crippen molar-refractivity contribution in [1.82, 2.24) is 20.5 Å². The predicted molar refractivity (Wildman–Crippen MR) is 139 cm³/mol. The number of halogens is 1. The molecule has 170 valence electrons. The average molecular weight is 538 g/mol. The third-order valence-electron chi connectivity index (χ3n) is 5.11. The van der Waals surface area contributed by atoms with Crippen molar-refractivity contribution in [1.29, 1.82) is 0 Å². The molecule has 0 saturated carbocycles. The summed E-state index contributed by atoms with van der Waals surface area (Å²) in [6.07, 6.45) is 1.87. The molecule has 1 aliphatic heterocycles. The quantitative estimate of drug-likeness (QED) is 0.233. The minimum atomic E-state index is 0. The van der Waals surface area contributed by atoms with Gasteiger partial charge in [0.2, 0.25) is 0 Å². The van der Waals surface area contributed by atoms with Gasteiger partial charge in [-0.25, -0.2) is 9.98 Å². The first-order chi connectivity index (χ1) is 14.7. The van der Waals surface area contributed by atoms with Crippen LogP contribution >= 0.6 is 24.0 Å². The molecular weight excluding hydrogens is 503 g/mol. The Morgan fingerprint density at radius 1 is 1.10 bits per heavy atom. The largest absolute Gasteiger partial charge is 0.492 e. The van der Waals surface area contributed by atoms with E-state index in [1.807, 2.05) is 24.4 Å². The molecule has 0 amide bonds. The Hall–Kier alpha value is -2.07. The van der Waals surface area contributed by atoms with Gasteiger partial charge in [0.25, 0.3) is 0 Å². The number of guanidine groups is 1. The second-order valence-corrected chi connectivity index (χ2v) is 7.56. The number of piperazine rings is 1. The Balaban J connectivity index is 0.00000341. The highest BCUT2D eigenvalue weighted by Crippen LogP contribution is 2.19. The minimum Gasteiger partial charge on any atom is -0.492 e. The first-order valence-electron chi connectivity index (χ1n) is 10.7. The van der Waals surface area contributed by atoms with E-state index < -0.39 is 0 Å². The molecule has 31 heavy (non-hydrogen) atoms. The van der Waals surface area contributed by atoms with E-state index in [4.69, 9.17) is 9.73 Å². The molecule has 3 rings (SSSR count). The van der Waals surface area contributed by atoms with Crippen LogP contribution in [-0.2, 0) is 6.54 Å². The highest BCUT2D eigenvalue weighted by atomic mass is 127. The van der Waals surface area contributed by atoms with Gasteiger partial charge in [-0.1, -0.05) is 23.8 Å². The van der Waals surface area contributed by atoms with Gasteiger partial charge in [0.05, 0.1) is 13.1 Å². The molecule has 0 bridgehead atoms. The highest BCUT2D eigenvalue weighted by molar-refractivity contribution is 14.0. The van der Waals surface area contributed by atoms with Crippen molar-refractivity contribution in [2.75, 3.05) is 57.8 Å². The number of likely N-dealkylation sites (N-methyl/N-ethyl adjacent to an activating group) is 1. The summed E-state index contributed by atoms with van der Waals surface area (Å²) in [7, 11) is 2.16. The summed E-state index contributed by atoms with van der Waals surface area (Å²) >= 11 is 0. The summed E-state index contributed by atoms with van der Waals surface area (Å²) in [5.41, 5.74) is 2.38. The molecule has 1 aliphatic rings. The summed E-state index contributed by atoms with van der Waals surface area (Å²) in [5, 5.41) is 6.66. The Kier molecular flexibility index (Phi) is 10.9. The number of aryl methyl sites for hydroxylation is 1. The van der Waals surface area contributed by atoms with Crippen LogP contribution in [0.15, 0.2) is 47.6 Å². The molecule has 8 heteroatoms. The maximum absolute atomic E-state index is 5.79. The van der Waals surface area contributed by atoms with Crippen molar-refractivity contribution >= 4 is 35.8 Å². The zero-order chi connectivity index (χ0) is 21.2. The zero-order valence-electron chi connectivity index (χ0n) is 18.8. The number of hydrogen-bond acceptors (Lipinski definition) is 5. The van der Waals surface area contributed by atoms with E-state index >= 15 is 0 Å². The van der Waals surface area contributed by atoms with Crippen LogP contribution in [0.4, 0.5) is 5.82 Å². The van der Waals surface area contributed by atoms with Crippen LogP contribution in [0.25, 0.3) is 0 Å². The Bertz CT molecular complexity index is 806. The van der Waals surface area contributed by atoms with Crippen LogP contribution < -0.4 is 20.3 Å². The second kappa shape index (κ2) is 13.4. The molecule has 2 heterocycles. The van der Waals surface area contributed by atoms with E-state index in [1.165, 1.54) is 5.56 Å². The Morgan fingerprint density at radius 2 is 1.84 bits per heavy atom. The summed E-state index contributed by atoms with van der Waals surface area (Å²) < 4.78 is 5.79. The number of benzene rings is 1. The molecule has 0 unspecified atom stereocenters. The lowest BCUT2D eigenvalue weighted by molar-refractivity contribution is 0.312. The van der Waals surface area contributed by atoms with E-state index in [9.17, 15) is 0 Å². The predicted octanol–water partition coefficient (Wildman–Crippen LogP) is 2.89. The molecule has 0 atom stereocenters. The number of pyridine rings is 1. The van der Waals surface area contributed by atoms with Gasteiger partial charge in [-0.15, -0.1) is 24.0 Å². The number of aromatic nitrogens is 1. The number of aliphatic imine (C=N–C) groups is 1. The summed E-state index contributed by atoms with van der Waals surface area (Å²) in [6, 6.07) is 12.2. The molecule has 1 saturated heterocycles. The van der Waals surface area contributed by atoms with Crippen molar-refractivity contribution in [3.8, 4) is 5.75 Å². The van der Waals surface area contributed by atoms with Crippen LogP contribution in [0.2, 0.25) is 0 Å². The van der Waals surface area contributed by atoms with Crippen LogP contribution in [-0.4, -0.2) is 68.8 Å². The van der Waals surface area contributed by atoms with Crippen LogP contribution in [0, 0.1) is 6.92 Å². The molecule has 0 radical (unpaired) electrons. The molecule has 0 spiro atoms. The molecule has 0 aliphatic carbocycles. The van der Waals surface area contributed by atoms with Crippen LogP contribution in [0.3, 0.4) is 0 Å². The minimum absolute atomic E-state index is 0. The van der Waals surface area contributed by atoms with Crippen LogP contribution in [0.1, 0.15) is 18.1 Å². The van der Waals surface area contributed by atoms with Crippen molar-refractivity contribution in [3.63, 3.8) is 0 Å². The van der Waals surface area contributed by atoms with E-state index in [0.29, 0.717) is 19.7 Å².